The molecule has 1 saturated heterocycles. The van der Waals surface area contributed by atoms with Crippen molar-refractivity contribution >= 4 is 23.3 Å². The highest BCUT2D eigenvalue weighted by atomic mass is 16.5. The maximum Gasteiger partial charge on any atom is 0.268 e. The second kappa shape index (κ2) is 8.11. The molecule has 6 nitrogen and oxygen atoms in total. The lowest BCUT2D eigenvalue weighted by molar-refractivity contribution is -0.135. The second-order valence-electron chi connectivity index (χ2n) is 7.47. The van der Waals surface area contributed by atoms with Crippen molar-refractivity contribution in [3.8, 4) is 5.75 Å². The third-order valence-electron chi connectivity index (χ3n) is 5.38. The molecular formula is C21H28N2O4. The van der Waals surface area contributed by atoms with Gasteiger partial charge in [-0.15, -0.1) is 0 Å². The van der Waals surface area contributed by atoms with Crippen LogP contribution in [0.5, 0.6) is 5.75 Å². The molecule has 2 aliphatic heterocycles. The van der Waals surface area contributed by atoms with E-state index < -0.39 is 6.10 Å². The van der Waals surface area contributed by atoms with Crippen molar-refractivity contribution in [2.75, 3.05) is 18.0 Å². The number of carbonyl (C=O) groups excluding carboxylic acids is 3. The Morgan fingerprint density at radius 3 is 2.70 bits per heavy atom. The van der Waals surface area contributed by atoms with Crippen LogP contribution in [0.2, 0.25) is 0 Å². The van der Waals surface area contributed by atoms with Crippen molar-refractivity contribution < 1.29 is 19.1 Å². The predicted octanol–water partition coefficient (Wildman–Crippen LogP) is 3.18. The number of fused-ring (bicyclic) bond motifs is 1. The molecule has 2 atom stereocenters. The van der Waals surface area contributed by atoms with Crippen molar-refractivity contribution in [1.29, 1.82) is 0 Å². The molecule has 2 amide bonds. The van der Waals surface area contributed by atoms with Crippen LogP contribution in [0.25, 0.3) is 0 Å². The first-order chi connectivity index (χ1) is 12.9. The van der Waals surface area contributed by atoms with Gasteiger partial charge in [-0.3, -0.25) is 19.3 Å². The van der Waals surface area contributed by atoms with Gasteiger partial charge in [0.2, 0.25) is 5.91 Å². The first-order valence-corrected chi connectivity index (χ1v) is 9.87. The molecule has 0 N–H and O–H groups in total. The van der Waals surface area contributed by atoms with Crippen LogP contribution in [0.15, 0.2) is 18.2 Å². The molecule has 0 saturated carbocycles. The minimum absolute atomic E-state index is 0.0186. The number of rotatable bonds is 5. The van der Waals surface area contributed by atoms with Crippen LogP contribution in [0.3, 0.4) is 0 Å². The Kier molecular flexibility index (Phi) is 5.82. The lowest BCUT2D eigenvalue weighted by Gasteiger charge is -2.37. The topological polar surface area (TPSA) is 66.9 Å². The summed E-state index contributed by atoms with van der Waals surface area (Å²) in [4.78, 5) is 41.2. The number of hydrogen-bond acceptors (Lipinski definition) is 4. The Labute approximate surface area is 160 Å². The molecule has 1 aromatic carbocycles. The molecule has 0 radical (unpaired) electrons. The number of Topliss-reactive ketones (excluding diaryl/α,β-unsaturated/α-hetero) is 1. The van der Waals surface area contributed by atoms with Gasteiger partial charge >= 0.3 is 0 Å². The Morgan fingerprint density at radius 2 is 2.00 bits per heavy atom. The van der Waals surface area contributed by atoms with Crippen LogP contribution >= 0.6 is 0 Å². The molecule has 3 rings (SSSR count). The van der Waals surface area contributed by atoms with Crippen LogP contribution < -0.4 is 9.64 Å². The van der Waals surface area contributed by atoms with Gasteiger partial charge in [0.05, 0.1) is 5.69 Å². The van der Waals surface area contributed by atoms with Crippen molar-refractivity contribution in [3.63, 3.8) is 0 Å². The Hall–Kier alpha value is -2.37. The molecule has 0 bridgehead atoms. The Bertz CT molecular complexity index is 746. The summed E-state index contributed by atoms with van der Waals surface area (Å²) in [6.07, 6.45) is 3.68. The average Bonchev–Trinajstić information content (AvgIpc) is 2.65. The zero-order valence-electron chi connectivity index (χ0n) is 16.4. The van der Waals surface area contributed by atoms with Gasteiger partial charge in [0.15, 0.2) is 11.9 Å². The number of amides is 2. The smallest absolute Gasteiger partial charge is 0.268 e. The summed E-state index contributed by atoms with van der Waals surface area (Å²) in [5, 5.41) is 0. The van der Waals surface area contributed by atoms with Crippen molar-refractivity contribution in [1.82, 2.24) is 4.90 Å². The number of ether oxygens (including phenoxy) is 1. The molecule has 2 aliphatic rings. The number of benzene rings is 1. The minimum Gasteiger partial charge on any atom is -0.479 e. The molecule has 2 unspecified atom stereocenters. The molecule has 2 heterocycles. The lowest BCUT2D eigenvalue weighted by atomic mass is 10.0. The van der Waals surface area contributed by atoms with Gasteiger partial charge in [0.25, 0.3) is 5.91 Å². The maximum atomic E-state index is 12.9. The van der Waals surface area contributed by atoms with E-state index in [0.717, 1.165) is 32.2 Å². The summed E-state index contributed by atoms with van der Waals surface area (Å²) in [6.45, 7) is 6.40. The van der Waals surface area contributed by atoms with Crippen molar-refractivity contribution in [2.45, 2.75) is 65.0 Å². The van der Waals surface area contributed by atoms with E-state index in [0.29, 0.717) is 23.4 Å². The number of nitrogens with zero attached hydrogens (tertiary/aromatic N) is 2. The summed E-state index contributed by atoms with van der Waals surface area (Å²) >= 11 is 0. The first-order valence-electron chi connectivity index (χ1n) is 9.87. The predicted molar refractivity (Wildman–Crippen MR) is 103 cm³/mol. The van der Waals surface area contributed by atoms with E-state index in [1.807, 2.05) is 11.8 Å². The van der Waals surface area contributed by atoms with Gasteiger partial charge in [0.1, 0.15) is 12.3 Å². The van der Waals surface area contributed by atoms with Crippen molar-refractivity contribution in [3.05, 3.63) is 23.8 Å². The molecule has 0 spiro atoms. The zero-order chi connectivity index (χ0) is 19.6. The second-order valence-corrected chi connectivity index (χ2v) is 7.47. The fourth-order valence-corrected chi connectivity index (χ4v) is 3.81. The monoisotopic (exact) mass is 372 g/mol. The number of ketones is 1. The van der Waals surface area contributed by atoms with Crippen LogP contribution in [0.4, 0.5) is 5.69 Å². The largest absolute Gasteiger partial charge is 0.479 e. The van der Waals surface area contributed by atoms with Crippen LogP contribution in [0, 0.1) is 0 Å². The summed E-state index contributed by atoms with van der Waals surface area (Å²) in [6, 6.07) is 5.33. The molecule has 27 heavy (non-hydrogen) atoms. The van der Waals surface area contributed by atoms with E-state index in [1.54, 1.807) is 25.1 Å². The fraction of sp³-hybridized carbons (Fsp3) is 0.571. The molecule has 1 aromatic rings. The van der Waals surface area contributed by atoms with Crippen molar-refractivity contribution in [2.24, 2.45) is 0 Å². The normalized spacial score (nSPS) is 22.3. The minimum atomic E-state index is -0.652. The summed E-state index contributed by atoms with van der Waals surface area (Å²) < 4.78 is 5.69. The van der Waals surface area contributed by atoms with Crippen LogP contribution in [-0.4, -0.2) is 47.7 Å². The standard InChI is InChI=1S/C21H28N2O4/c1-4-7-18(24)16-9-10-19-17(12-16)23(21(26)15(3)27-19)13-20(25)22-11-6-5-8-14(22)2/h9-10,12,14-15H,4-8,11,13H2,1-3H3. The van der Waals surface area contributed by atoms with Gasteiger partial charge in [-0.2, -0.15) is 0 Å². The zero-order valence-corrected chi connectivity index (χ0v) is 16.4. The Morgan fingerprint density at radius 1 is 1.22 bits per heavy atom. The summed E-state index contributed by atoms with van der Waals surface area (Å²) in [5.41, 5.74) is 1.06. The molecular weight excluding hydrogens is 344 g/mol. The highest BCUT2D eigenvalue weighted by molar-refractivity contribution is 6.05. The van der Waals surface area contributed by atoms with E-state index in [2.05, 4.69) is 6.92 Å². The van der Waals surface area contributed by atoms with E-state index in [-0.39, 0.29) is 30.2 Å². The third kappa shape index (κ3) is 3.99. The Balaban J connectivity index is 1.88. The quantitative estimate of drug-likeness (QED) is 0.745. The van der Waals surface area contributed by atoms with E-state index in [9.17, 15) is 14.4 Å². The van der Waals surface area contributed by atoms with E-state index in [4.69, 9.17) is 4.74 Å². The molecule has 0 aliphatic carbocycles. The summed E-state index contributed by atoms with van der Waals surface area (Å²) in [7, 11) is 0. The van der Waals surface area contributed by atoms with Crippen LogP contribution in [0.1, 0.15) is 63.2 Å². The number of likely N-dealkylation sites (tertiary alicyclic amines) is 1. The number of carbonyl (C=O) groups is 3. The number of piperidine rings is 1. The maximum absolute atomic E-state index is 12.9. The molecule has 146 valence electrons. The highest BCUT2D eigenvalue weighted by Gasteiger charge is 2.35. The van der Waals surface area contributed by atoms with Gasteiger partial charge in [-0.1, -0.05) is 6.92 Å². The van der Waals surface area contributed by atoms with E-state index in [1.165, 1.54) is 4.90 Å². The highest BCUT2D eigenvalue weighted by Crippen LogP contribution is 2.35. The SMILES string of the molecule is CCCC(=O)c1ccc2c(c1)N(CC(=O)N1CCCCC1C)C(=O)C(C)O2. The third-order valence-corrected chi connectivity index (χ3v) is 5.38. The average molecular weight is 372 g/mol. The van der Waals surface area contributed by atoms with Crippen LogP contribution in [-0.2, 0) is 9.59 Å². The van der Waals surface area contributed by atoms with Gasteiger partial charge in [-0.25, -0.2) is 0 Å². The number of anilines is 1. The van der Waals surface area contributed by atoms with Gasteiger partial charge in [-0.05, 0) is 57.7 Å². The molecule has 1 fully saturated rings. The van der Waals surface area contributed by atoms with Gasteiger partial charge < -0.3 is 9.64 Å². The number of hydrogen-bond donors (Lipinski definition) is 0. The molecule has 6 heteroatoms. The lowest BCUT2D eigenvalue weighted by Crippen LogP contribution is -2.52. The van der Waals surface area contributed by atoms with E-state index >= 15 is 0 Å². The molecule has 0 aromatic heterocycles. The first kappa shape index (κ1) is 19.4. The fourth-order valence-electron chi connectivity index (χ4n) is 3.81. The summed E-state index contributed by atoms with van der Waals surface area (Å²) in [5.74, 6) is 0.262. The van der Waals surface area contributed by atoms with Gasteiger partial charge in [0, 0.05) is 24.6 Å².